The number of piperazine rings is 1. The number of rotatable bonds is 4. The molecule has 0 spiro atoms. The fourth-order valence-electron chi connectivity index (χ4n) is 2.37. The number of aromatic nitrogens is 1. The normalized spacial score (nSPS) is 17.4. The summed E-state index contributed by atoms with van der Waals surface area (Å²) in [6, 6.07) is 5.55. The van der Waals surface area contributed by atoms with E-state index in [4.69, 9.17) is 5.73 Å². The first kappa shape index (κ1) is 13.8. The number of hydrogen-bond acceptors (Lipinski definition) is 4. The number of nitrogens with zero attached hydrogens (tertiary/aromatic N) is 3. The summed E-state index contributed by atoms with van der Waals surface area (Å²) in [5.74, 6) is 1.06. The fourth-order valence-corrected chi connectivity index (χ4v) is 2.37. The molecule has 5 nitrogen and oxygen atoms in total. The summed E-state index contributed by atoms with van der Waals surface area (Å²) in [7, 11) is 0. The van der Waals surface area contributed by atoms with Crippen LogP contribution in [0.25, 0.3) is 0 Å². The van der Waals surface area contributed by atoms with Gasteiger partial charge in [-0.05, 0) is 18.6 Å². The van der Waals surface area contributed by atoms with Crippen molar-refractivity contribution in [3.05, 3.63) is 24.4 Å². The third-order valence-corrected chi connectivity index (χ3v) is 3.48. The van der Waals surface area contributed by atoms with Crippen molar-refractivity contribution in [2.45, 2.75) is 25.8 Å². The van der Waals surface area contributed by atoms with Crippen molar-refractivity contribution < 1.29 is 4.79 Å². The zero-order valence-corrected chi connectivity index (χ0v) is 11.5. The summed E-state index contributed by atoms with van der Waals surface area (Å²) in [5.41, 5.74) is 5.89. The number of nitrogens with two attached hydrogens (primary N) is 1. The standard InChI is InChI=1S/C14H22N4O/c1-2-5-12(15)14(19)18-10-8-17(9-11-18)13-6-3-4-7-16-13/h3-4,6-7,12H,2,5,8-11,15H2,1H3/t12-/m0/s1. The van der Waals surface area contributed by atoms with Crippen molar-refractivity contribution in [3.63, 3.8) is 0 Å². The van der Waals surface area contributed by atoms with Crippen LogP contribution in [0, 0.1) is 0 Å². The second-order valence-electron chi connectivity index (χ2n) is 4.90. The van der Waals surface area contributed by atoms with Crippen molar-refractivity contribution >= 4 is 11.7 Å². The Morgan fingerprint density at radius 3 is 2.68 bits per heavy atom. The van der Waals surface area contributed by atoms with E-state index in [1.165, 1.54) is 0 Å². The molecular weight excluding hydrogens is 240 g/mol. The van der Waals surface area contributed by atoms with Crippen molar-refractivity contribution in [1.29, 1.82) is 0 Å². The number of carbonyl (C=O) groups is 1. The number of pyridine rings is 1. The molecule has 2 N–H and O–H groups in total. The van der Waals surface area contributed by atoms with E-state index in [-0.39, 0.29) is 11.9 Å². The Morgan fingerprint density at radius 1 is 1.37 bits per heavy atom. The third-order valence-electron chi connectivity index (χ3n) is 3.48. The maximum atomic E-state index is 12.1. The van der Waals surface area contributed by atoms with Crippen LogP contribution in [0.3, 0.4) is 0 Å². The molecule has 0 unspecified atom stereocenters. The molecule has 1 aliphatic rings. The van der Waals surface area contributed by atoms with Gasteiger partial charge in [-0.1, -0.05) is 19.4 Å². The first-order valence-electron chi connectivity index (χ1n) is 6.92. The van der Waals surface area contributed by atoms with Gasteiger partial charge in [0.25, 0.3) is 0 Å². The van der Waals surface area contributed by atoms with Crippen LogP contribution >= 0.6 is 0 Å². The number of hydrogen-bond donors (Lipinski definition) is 1. The summed E-state index contributed by atoms with van der Waals surface area (Å²) < 4.78 is 0. The molecule has 5 heteroatoms. The second-order valence-corrected chi connectivity index (χ2v) is 4.90. The molecule has 0 radical (unpaired) electrons. The maximum absolute atomic E-state index is 12.1. The molecular formula is C14H22N4O. The highest BCUT2D eigenvalue weighted by atomic mass is 16.2. The summed E-state index contributed by atoms with van der Waals surface area (Å²) in [6.07, 6.45) is 3.50. The molecule has 1 aromatic rings. The number of anilines is 1. The Bertz CT molecular complexity index is 401. The maximum Gasteiger partial charge on any atom is 0.239 e. The molecule has 0 aromatic carbocycles. The summed E-state index contributed by atoms with van der Waals surface area (Å²) in [4.78, 5) is 20.5. The van der Waals surface area contributed by atoms with Crippen LogP contribution in [0.4, 0.5) is 5.82 Å². The lowest BCUT2D eigenvalue weighted by Gasteiger charge is -2.36. The lowest BCUT2D eigenvalue weighted by atomic mass is 10.1. The van der Waals surface area contributed by atoms with Crippen LogP contribution in [0.1, 0.15) is 19.8 Å². The first-order chi connectivity index (χ1) is 9.22. The summed E-state index contributed by atoms with van der Waals surface area (Å²) >= 11 is 0. The quantitative estimate of drug-likeness (QED) is 0.874. The highest BCUT2D eigenvalue weighted by molar-refractivity contribution is 5.81. The lowest BCUT2D eigenvalue weighted by Crippen LogP contribution is -2.53. The largest absolute Gasteiger partial charge is 0.353 e. The van der Waals surface area contributed by atoms with Gasteiger partial charge in [-0.25, -0.2) is 4.98 Å². The molecule has 19 heavy (non-hydrogen) atoms. The summed E-state index contributed by atoms with van der Waals surface area (Å²) in [6.45, 7) is 5.15. The Balaban J connectivity index is 1.87. The molecule has 0 bridgehead atoms. The van der Waals surface area contributed by atoms with Gasteiger partial charge in [-0.2, -0.15) is 0 Å². The van der Waals surface area contributed by atoms with Gasteiger partial charge in [0, 0.05) is 32.4 Å². The van der Waals surface area contributed by atoms with E-state index < -0.39 is 0 Å². The molecule has 1 aromatic heterocycles. The molecule has 0 aliphatic carbocycles. The van der Waals surface area contributed by atoms with E-state index in [0.29, 0.717) is 0 Å². The molecule has 2 heterocycles. The van der Waals surface area contributed by atoms with E-state index >= 15 is 0 Å². The van der Waals surface area contributed by atoms with Crippen LogP contribution in [-0.4, -0.2) is 48.0 Å². The van der Waals surface area contributed by atoms with E-state index in [1.807, 2.05) is 30.0 Å². The van der Waals surface area contributed by atoms with Gasteiger partial charge >= 0.3 is 0 Å². The predicted molar refractivity (Wildman–Crippen MR) is 75.9 cm³/mol. The van der Waals surface area contributed by atoms with E-state index in [2.05, 4.69) is 9.88 Å². The zero-order chi connectivity index (χ0) is 13.7. The van der Waals surface area contributed by atoms with Gasteiger partial charge in [-0.15, -0.1) is 0 Å². The smallest absolute Gasteiger partial charge is 0.239 e. The molecule has 1 amide bonds. The SMILES string of the molecule is CCC[C@H](N)C(=O)N1CCN(c2ccccn2)CC1. The minimum Gasteiger partial charge on any atom is -0.353 e. The van der Waals surface area contributed by atoms with Crippen molar-refractivity contribution in [3.8, 4) is 0 Å². The Labute approximate surface area is 114 Å². The lowest BCUT2D eigenvalue weighted by molar-refractivity contribution is -0.133. The highest BCUT2D eigenvalue weighted by Crippen LogP contribution is 2.13. The minimum atomic E-state index is -0.341. The third kappa shape index (κ3) is 3.44. The fraction of sp³-hybridized carbons (Fsp3) is 0.571. The molecule has 1 atom stereocenters. The van der Waals surface area contributed by atoms with Crippen LogP contribution in [0.5, 0.6) is 0 Å². The van der Waals surface area contributed by atoms with Crippen LogP contribution < -0.4 is 10.6 Å². The molecule has 104 valence electrons. The minimum absolute atomic E-state index is 0.0857. The molecule has 1 saturated heterocycles. The van der Waals surface area contributed by atoms with E-state index in [1.54, 1.807) is 6.20 Å². The Hall–Kier alpha value is -1.62. The van der Waals surface area contributed by atoms with Crippen LogP contribution in [0.15, 0.2) is 24.4 Å². The predicted octanol–water partition coefficient (Wildman–Crippen LogP) is 0.858. The topological polar surface area (TPSA) is 62.5 Å². The van der Waals surface area contributed by atoms with Crippen molar-refractivity contribution in [2.24, 2.45) is 5.73 Å². The summed E-state index contributed by atoms with van der Waals surface area (Å²) in [5, 5.41) is 0. The molecule has 0 saturated carbocycles. The average Bonchev–Trinajstić information content (AvgIpc) is 2.48. The van der Waals surface area contributed by atoms with Gasteiger partial charge in [-0.3, -0.25) is 4.79 Å². The molecule has 2 rings (SSSR count). The van der Waals surface area contributed by atoms with Gasteiger partial charge in [0.05, 0.1) is 6.04 Å². The van der Waals surface area contributed by atoms with Crippen LogP contribution in [-0.2, 0) is 4.79 Å². The van der Waals surface area contributed by atoms with Gasteiger partial charge < -0.3 is 15.5 Å². The van der Waals surface area contributed by atoms with Gasteiger partial charge in [0.15, 0.2) is 0 Å². The first-order valence-corrected chi connectivity index (χ1v) is 6.92. The van der Waals surface area contributed by atoms with E-state index in [9.17, 15) is 4.79 Å². The zero-order valence-electron chi connectivity index (χ0n) is 11.5. The Kier molecular flexibility index (Phi) is 4.74. The second kappa shape index (κ2) is 6.52. The Morgan fingerprint density at radius 2 is 2.11 bits per heavy atom. The molecule has 1 aliphatic heterocycles. The number of carbonyl (C=O) groups excluding carboxylic acids is 1. The van der Waals surface area contributed by atoms with Gasteiger partial charge in [0.2, 0.25) is 5.91 Å². The highest BCUT2D eigenvalue weighted by Gasteiger charge is 2.25. The molecule has 1 fully saturated rings. The van der Waals surface area contributed by atoms with Crippen molar-refractivity contribution in [1.82, 2.24) is 9.88 Å². The number of amides is 1. The van der Waals surface area contributed by atoms with Gasteiger partial charge in [0.1, 0.15) is 5.82 Å². The van der Waals surface area contributed by atoms with E-state index in [0.717, 1.165) is 44.8 Å². The van der Waals surface area contributed by atoms with Crippen molar-refractivity contribution in [2.75, 3.05) is 31.1 Å². The van der Waals surface area contributed by atoms with Crippen LogP contribution in [0.2, 0.25) is 0 Å². The average molecular weight is 262 g/mol. The monoisotopic (exact) mass is 262 g/mol.